The lowest BCUT2D eigenvalue weighted by atomic mass is 9.92. The average Bonchev–Trinajstić information content (AvgIpc) is 2.77. The molecule has 8 nitrogen and oxygen atoms in total. The third-order valence-corrected chi connectivity index (χ3v) is 5.41. The smallest absolute Gasteiger partial charge is 0.410 e. The van der Waals surface area contributed by atoms with Crippen LogP contribution in [0.2, 0.25) is 0 Å². The zero-order chi connectivity index (χ0) is 20.9. The minimum atomic E-state index is -0.448. The quantitative estimate of drug-likeness (QED) is 0.595. The lowest BCUT2D eigenvalue weighted by Gasteiger charge is -2.47. The van der Waals surface area contributed by atoms with Crippen LogP contribution in [0.1, 0.15) is 28.8 Å². The summed E-state index contributed by atoms with van der Waals surface area (Å²) in [7, 11) is 0. The van der Waals surface area contributed by atoms with Gasteiger partial charge >= 0.3 is 12.1 Å². The van der Waals surface area contributed by atoms with Crippen molar-refractivity contribution in [1.29, 1.82) is 0 Å². The van der Waals surface area contributed by atoms with E-state index in [1.165, 1.54) is 12.1 Å². The number of ether oxygens (including phenoxy) is 3. The minimum Gasteiger partial charge on any atom is -0.761 e. The Balaban J connectivity index is 1.35. The van der Waals surface area contributed by atoms with Crippen molar-refractivity contribution in [3.8, 4) is 0 Å². The summed E-state index contributed by atoms with van der Waals surface area (Å²) >= 11 is 0. The van der Waals surface area contributed by atoms with Crippen LogP contribution >= 0.6 is 0 Å². The van der Waals surface area contributed by atoms with Crippen molar-refractivity contribution >= 4 is 17.7 Å². The Morgan fingerprint density at radius 3 is 2.33 bits per heavy atom. The molecule has 2 aliphatic heterocycles. The maximum absolute atomic E-state index is 12.7. The molecule has 2 aromatic rings. The van der Waals surface area contributed by atoms with E-state index >= 15 is 0 Å². The molecule has 2 unspecified atom stereocenters. The van der Waals surface area contributed by atoms with Crippen LogP contribution in [0.15, 0.2) is 54.6 Å². The van der Waals surface area contributed by atoms with Crippen molar-refractivity contribution < 1.29 is 23.8 Å². The van der Waals surface area contributed by atoms with Crippen LogP contribution in [-0.2, 0) is 20.8 Å². The standard InChI is InChI=1S/C22H23N2O6/c25-21(16-6-8-17(23-27)9-7-16)30-20-10-18-13-28-14-19(11-20)24(18)22(26)29-12-15-4-2-1-3-5-15/h1-9,18-20,23H,10-14H2/q-1. The molecular formula is C22H23N2O6-. The molecule has 0 saturated carbocycles. The number of morpholine rings is 1. The number of carbonyl (C=O) groups excluding carboxylic acids is 2. The Bertz CT molecular complexity index is 859. The third-order valence-electron chi connectivity index (χ3n) is 5.41. The molecule has 158 valence electrons. The zero-order valence-corrected chi connectivity index (χ0v) is 16.4. The molecule has 2 aliphatic rings. The van der Waals surface area contributed by atoms with Crippen LogP contribution in [-0.4, -0.2) is 48.4 Å². The molecule has 2 bridgehead atoms. The summed E-state index contributed by atoms with van der Waals surface area (Å²) in [6.07, 6.45) is 0.292. The van der Waals surface area contributed by atoms with Gasteiger partial charge in [-0.25, -0.2) is 9.59 Å². The molecule has 2 atom stereocenters. The summed E-state index contributed by atoms with van der Waals surface area (Å²) in [5.74, 6) is -0.448. The Hall–Kier alpha value is -3.10. The van der Waals surface area contributed by atoms with E-state index < -0.39 is 5.97 Å². The van der Waals surface area contributed by atoms with Crippen molar-refractivity contribution in [2.45, 2.75) is 37.6 Å². The van der Waals surface area contributed by atoms with Gasteiger partial charge in [-0.15, -0.1) is 0 Å². The molecule has 0 aliphatic carbocycles. The number of fused-ring (bicyclic) bond motifs is 2. The van der Waals surface area contributed by atoms with E-state index in [0.717, 1.165) is 5.56 Å². The second-order valence-corrected chi connectivity index (χ2v) is 7.47. The first kappa shape index (κ1) is 20.2. The number of carbonyl (C=O) groups is 2. The molecule has 2 fully saturated rings. The van der Waals surface area contributed by atoms with Gasteiger partial charge in [0.2, 0.25) is 0 Å². The number of piperidine rings is 1. The Labute approximate surface area is 174 Å². The molecule has 0 aromatic heterocycles. The molecule has 30 heavy (non-hydrogen) atoms. The molecule has 8 heteroatoms. The van der Waals surface area contributed by atoms with E-state index in [1.54, 1.807) is 22.5 Å². The van der Waals surface area contributed by atoms with E-state index in [4.69, 9.17) is 14.2 Å². The first-order valence-electron chi connectivity index (χ1n) is 9.90. The van der Waals surface area contributed by atoms with Gasteiger partial charge in [0.05, 0.1) is 30.9 Å². The number of hydrogen-bond donors (Lipinski definition) is 1. The van der Waals surface area contributed by atoms with Crippen LogP contribution in [0.5, 0.6) is 0 Å². The summed E-state index contributed by atoms with van der Waals surface area (Å²) in [6, 6.07) is 15.3. The van der Waals surface area contributed by atoms with E-state index in [0.29, 0.717) is 37.3 Å². The second-order valence-electron chi connectivity index (χ2n) is 7.47. The number of anilines is 1. The van der Waals surface area contributed by atoms with Gasteiger partial charge in [-0.2, -0.15) is 0 Å². The van der Waals surface area contributed by atoms with Crippen LogP contribution in [0.3, 0.4) is 0 Å². The topological polar surface area (TPSA) is 100 Å². The van der Waals surface area contributed by atoms with Crippen molar-refractivity contribution in [2.75, 3.05) is 18.7 Å². The lowest BCUT2D eigenvalue weighted by Crippen LogP contribution is -2.60. The summed E-state index contributed by atoms with van der Waals surface area (Å²) < 4.78 is 16.8. The minimum absolute atomic E-state index is 0.203. The maximum Gasteiger partial charge on any atom is 0.410 e. The number of esters is 1. The number of hydrogen-bond acceptors (Lipinski definition) is 7. The number of nitrogens with zero attached hydrogens (tertiary/aromatic N) is 1. The van der Waals surface area contributed by atoms with Gasteiger partial charge in [0.25, 0.3) is 0 Å². The lowest BCUT2D eigenvalue weighted by molar-refractivity contribution is -0.0989. The molecule has 0 radical (unpaired) electrons. The number of rotatable bonds is 5. The predicted molar refractivity (Wildman–Crippen MR) is 109 cm³/mol. The Morgan fingerprint density at radius 2 is 1.70 bits per heavy atom. The fraction of sp³-hybridized carbons (Fsp3) is 0.364. The molecule has 0 spiro atoms. The highest BCUT2D eigenvalue weighted by Crippen LogP contribution is 2.31. The average molecular weight is 411 g/mol. The normalized spacial score (nSPS) is 22.8. The van der Waals surface area contributed by atoms with Gasteiger partial charge in [-0.1, -0.05) is 30.3 Å². The SMILES string of the molecule is O=C(OC1CC2COCC(C1)N2C(=O)OCc1ccccc1)c1ccc(N[O-])cc1. The molecule has 2 saturated heterocycles. The highest BCUT2D eigenvalue weighted by atomic mass is 16.6. The molecule has 4 rings (SSSR count). The zero-order valence-electron chi connectivity index (χ0n) is 16.4. The number of benzene rings is 2. The second kappa shape index (κ2) is 9.15. The molecular weight excluding hydrogens is 388 g/mol. The number of amides is 1. The van der Waals surface area contributed by atoms with Gasteiger partial charge in [-0.05, 0) is 29.8 Å². The number of nitrogens with one attached hydrogen (secondary N) is 1. The molecule has 1 amide bonds. The maximum atomic E-state index is 12.7. The third kappa shape index (κ3) is 4.55. The van der Waals surface area contributed by atoms with Gasteiger partial charge in [0.15, 0.2) is 0 Å². The van der Waals surface area contributed by atoms with Crippen LogP contribution in [0, 0.1) is 5.21 Å². The fourth-order valence-corrected chi connectivity index (χ4v) is 3.95. The monoisotopic (exact) mass is 411 g/mol. The van der Waals surface area contributed by atoms with Crippen LogP contribution < -0.4 is 5.48 Å². The van der Waals surface area contributed by atoms with E-state index in [-0.39, 0.29) is 30.9 Å². The van der Waals surface area contributed by atoms with Crippen LogP contribution in [0.25, 0.3) is 0 Å². The van der Waals surface area contributed by atoms with Crippen molar-refractivity contribution in [3.63, 3.8) is 0 Å². The van der Waals surface area contributed by atoms with E-state index in [9.17, 15) is 14.8 Å². The summed E-state index contributed by atoms with van der Waals surface area (Å²) in [4.78, 5) is 26.9. The first-order chi connectivity index (χ1) is 14.6. The largest absolute Gasteiger partial charge is 0.761 e. The van der Waals surface area contributed by atoms with Crippen molar-refractivity contribution in [2.24, 2.45) is 0 Å². The highest BCUT2D eigenvalue weighted by Gasteiger charge is 2.43. The first-order valence-corrected chi connectivity index (χ1v) is 9.90. The summed E-state index contributed by atoms with van der Waals surface area (Å²) in [5, 5.41) is 10.6. The molecule has 2 aromatic carbocycles. The van der Waals surface area contributed by atoms with Gasteiger partial charge in [0.1, 0.15) is 12.7 Å². The van der Waals surface area contributed by atoms with Gasteiger partial charge < -0.3 is 24.9 Å². The van der Waals surface area contributed by atoms with Crippen LogP contribution in [0.4, 0.5) is 10.5 Å². The van der Waals surface area contributed by atoms with Crippen molar-refractivity contribution in [3.05, 3.63) is 70.9 Å². The molecule has 2 heterocycles. The summed E-state index contributed by atoms with van der Waals surface area (Å²) in [5.41, 5.74) is 3.45. The van der Waals surface area contributed by atoms with Crippen molar-refractivity contribution in [1.82, 2.24) is 4.90 Å². The summed E-state index contributed by atoms with van der Waals surface area (Å²) in [6.45, 7) is 0.979. The van der Waals surface area contributed by atoms with Gasteiger partial charge in [0, 0.05) is 18.5 Å². The Kier molecular flexibility index (Phi) is 6.15. The highest BCUT2D eigenvalue weighted by molar-refractivity contribution is 5.90. The van der Waals surface area contributed by atoms with Gasteiger partial charge in [-0.3, -0.25) is 4.90 Å². The predicted octanol–water partition coefficient (Wildman–Crippen LogP) is 3.32. The Morgan fingerprint density at radius 1 is 1.03 bits per heavy atom. The van der Waals surface area contributed by atoms with E-state index in [1.807, 2.05) is 30.3 Å². The molecule has 1 N–H and O–H groups in total. The fourth-order valence-electron chi connectivity index (χ4n) is 3.95. The van der Waals surface area contributed by atoms with E-state index in [2.05, 4.69) is 0 Å².